The molecule has 1 amide bonds. The molecule has 1 rings (SSSR count). The molecule has 1 saturated carbocycles. The summed E-state index contributed by atoms with van der Waals surface area (Å²) in [5.41, 5.74) is 0.00580. The fourth-order valence-electron chi connectivity index (χ4n) is 3.01. The van der Waals surface area contributed by atoms with E-state index < -0.39 is 0 Å². The molecule has 0 aromatic rings. The summed E-state index contributed by atoms with van der Waals surface area (Å²) < 4.78 is 0. The molecular formula is C20H35N3O. The normalized spacial score (nSPS) is 19.5. The molecule has 1 aliphatic rings. The molecule has 0 spiro atoms. The van der Waals surface area contributed by atoms with Gasteiger partial charge in [0, 0.05) is 17.8 Å². The van der Waals surface area contributed by atoms with Gasteiger partial charge in [0.25, 0.3) is 5.91 Å². The molecule has 0 bridgehead atoms. The molecule has 0 radical (unpaired) electrons. The zero-order valence-corrected chi connectivity index (χ0v) is 15.8. The van der Waals surface area contributed by atoms with Crippen LogP contribution in [-0.2, 0) is 4.79 Å². The predicted octanol–water partition coefficient (Wildman–Crippen LogP) is 4.57. The van der Waals surface area contributed by atoms with Crippen LogP contribution in [0, 0.1) is 11.3 Å². The summed E-state index contributed by atoms with van der Waals surface area (Å²) in [5.74, 6) is -0.244. The predicted molar refractivity (Wildman–Crippen MR) is 99.3 cm³/mol. The second kappa shape index (κ2) is 11.1. The van der Waals surface area contributed by atoms with E-state index in [-0.39, 0.29) is 23.1 Å². The van der Waals surface area contributed by atoms with E-state index in [1.54, 1.807) is 6.20 Å². The number of carbonyl (C=O) groups excluding carboxylic acids is 1. The average molecular weight is 334 g/mol. The summed E-state index contributed by atoms with van der Waals surface area (Å²) >= 11 is 0. The first-order chi connectivity index (χ1) is 11.4. The third-order valence-corrected chi connectivity index (χ3v) is 4.45. The summed E-state index contributed by atoms with van der Waals surface area (Å²) in [4.78, 5) is 12.4. The van der Waals surface area contributed by atoms with E-state index >= 15 is 0 Å². The van der Waals surface area contributed by atoms with Gasteiger partial charge in [-0.15, -0.1) is 0 Å². The molecule has 0 aromatic heterocycles. The van der Waals surface area contributed by atoms with E-state index in [0.29, 0.717) is 0 Å². The van der Waals surface area contributed by atoms with Gasteiger partial charge in [0.05, 0.1) is 0 Å². The van der Waals surface area contributed by atoms with E-state index in [1.165, 1.54) is 44.9 Å². The Kier molecular flexibility index (Phi) is 9.52. The van der Waals surface area contributed by atoms with Gasteiger partial charge in [-0.05, 0) is 33.6 Å². The summed E-state index contributed by atoms with van der Waals surface area (Å²) in [6.45, 7) is 6.01. The number of hydrogen-bond donors (Lipinski definition) is 2. The highest BCUT2D eigenvalue weighted by atomic mass is 16.1. The molecule has 1 fully saturated rings. The molecule has 0 aromatic carbocycles. The van der Waals surface area contributed by atoms with Crippen molar-refractivity contribution in [3.8, 4) is 6.07 Å². The lowest BCUT2D eigenvalue weighted by Gasteiger charge is -2.21. The van der Waals surface area contributed by atoms with Crippen molar-refractivity contribution in [2.45, 2.75) is 103 Å². The Morgan fingerprint density at radius 1 is 0.958 bits per heavy atom. The fourth-order valence-corrected chi connectivity index (χ4v) is 3.01. The van der Waals surface area contributed by atoms with Crippen LogP contribution in [0.2, 0.25) is 0 Å². The van der Waals surface area contributed by atoms with Gasteiger partial charge < -0.3 is 10.6 Å². The van der Waals surface area contributed by atoms with Crippen LogP contribution in [0.15, 0.2) is 11.8 Å². The van der Waals surface area contributed by atoms with Crippen LogP contribution in [0.4, 0.5) is 0 Å². The SMILES string of the molecule is CC(C)(C)N/C=C(/C#N)C(=O)NC1CCCCCCCCCCC1. The second-order valence-electron chi connectivity index (χ2n) is 7.99. The largest absolute Gasteiger partial charge is 0.385 e. The monoisotopic (exact) mass is 333 g/mol. The number of nitriles is 1. The van der Waals surface area contributed by atoms with Crippen molar-refractivity contribution in [2.24, 2.45) is 0 Å². The van der Waals surface area contributed by atoms with Crippen LogP contribution in [-0.4, -0.2) is 17.5 Å². The Balaban J connectivity index is 2.57. The molecule has 24 heavy (non-hydrogen) atoms. The maximum absolute atomic E-state index is 12.4. The third kappa shape index (κ3) is 9.60. The summed E-state index contributed by atoms with van der Waals surface area (Å²) in [7, 11) is 0. The van der Waals surface area contributed by atoms with Gasteiger partial charge in [-0.2, -0.15) is 5.26 Å². The van der Waals surface area contributed by atoms with Crippen molar-refractivity contribution in [3.05, 3.63) is 11.8 Å². The summed E-state index contributed by atoms with van der Waals surface area (Å²) in [6.07, 6.45) is 15.1. The van der Waals surface area contributed by atoms with Crippen molar-refractivity contribution >= 4 is 5.91 Å². The van der Waals surface area contributed by atoms with Gasteiger partial charge >= 0.3 is 0 Å². The van der Waals surface area contributed by atoms with Crippen molar-refractivity contribution in [2.75, 3.05) is 0 Å². The lowest BCUT2D eigenvalue weighted by Crippen LogP contribution is -2.37. The zero-order valence-electron chi connectivity index (χ0n) is 15.8. The highest BCUT2D eigenvalue weighted by molar-refractivity contribution is 5.97. The number of amides is 1. The molecule has 0 heterocycles. The highest BCUT2D eigenvalue weighted by Crippen LogP contribution is 2.17. The Bertz CT molecular complexity index is 431. The molecule has 4 nitrogen and oxygen atoms in total. The van der Waals surface area contributed by atoms with Gasteiger partial charge in [-0.25, -0.2) is 0 Å². The minimum Gasteiger partial charge on any atom is -0.385 e. The van der Waals surface area contributed by atoms with Gasteiger partial charge in [0.2, 0.25) is 0 Å². The lowest BCUT2D eigenvalue weighted by molar-refractivity contribution is -0.117. The van der Waals surface area contributed by atoms with Crippen LogP contribution in [0.25, 0.3) is 0 Å². The Hall–Kier alpha value is -1.50. The van der Waals surface area contributed by atoms with Crippen molar-refractivity contribution in [1.29, 1.82) is 5.26 Å². The first kappa shape index (κ1) is 20.5. The maximum Gasteiger partial charge on any atom is 0.263 e. The number of rotatable bonds is 3. The van der Waals surface area contributed by atoms with E-state index in [2.05, 4.69) is 10.6 Å². The Morgan fingerprint density at radius 3 is 1.83 bits per heavy atom. The molecule has 0 aliphatic heterocycles. The van der Waals surface area contributed by atoms with E-state index in [1.807, 2.05) is 26.8 Å². The number of nitrogens with one attached hydrogen (secondary N) is 2. The smallest absolute Gasteiger partial charge is 0.263 e. The molecule has 2 N–H and O–H groups in total. The zero-order chi connectivity index (χ0) is 17.8. The number of hydrogen-bond acceptors (Lipinski definition) is 3. The Labute approximate surface area is 148 Å². The van der Waals surface area contributed by atoms with Gasteiger partial charge in [-0.3, -0.25) is 4.79 Å². The van der Waals surface area contributed by atoms with Gasteiger partial charge in [0.15, 0.2) is 0 Å². The van der Waals surface area contributed by atoms with Gasteiger partial charge in [-0.1, -0.05) is 57.8 Å². The topological polar surface area (TPSA) is 64.9 Å². The summed E-state index contributed by atoms with van der Waals surface area (Å²) in [5, 5.41) is 15.4. The van der Waals surface area contributed by atoms with Crippen LogP contribution in [0.5, 0.6) is 0 Å². The fraction of sp³-hybridized carbons (Fsp3) is 0.800. The van der Waals surface area contributed by atoms with Crippen molar-refractivity contribution < 1.29 is 4.79 Å². The molecule has 0 atom stereocenters. The van der Waals surface area contributed by atoms with Crippen LogP contribution in [0.1, 0.15) is 91.4 Å². The minimum absolute atomic E-state index is 0.157. The minimum atomic E-state index is -0.244. The van der Waals surface area contributed by atoms with Crippen molar-refractivity contribution in [3.63, 3.8) is 0 Å². The third-order valence-electron chi connectivity index (χ3n) is 4.45. The van der Waals surface area contributed by atoms with Crippen molar-refractivity contribution in [1.82, 2.24) is 10.6 Å². The molecule has 4 heteroatoms. The standard InChI is InChI=1S/C20H35N3O/c1-20(2,3)22-16-17(15-21)19(24)23-18-13-11-9-7-5-4-6-8-10-12-14-18/h16,18,22H,4-14H2,1-3H3,(H,23,24)/b17-16-. The Morgan fingerprint density at radius 2 is 1.42 bits per heavy atom. The lowest BCUT2D eigenvalue weighted by atomic mass is 9.97. The van der Waals surface area contributed by atoms with E-state index in [0.717, 1.165) is 25.7 Å². The van der Waals surface area contributed by atoms with Crippen LogP contribution < -0.4 is 10.6 Å². The molecule has 136 valence electrons. The second-order valence-corrected chi connectivity index (χ2v) is 7.99. The molecule has 0 unspecified atom stereocenters. The quantitative estimate of drug-likeness (QED) is 0.587. The van der Waals surface area contributed by atoms with E-state index in [9.17, 15) is 10.1 Å². The number of nitrogens with zero attached hydrogens (tertiary/aromatic N) is 1. The van der Waals surface area contributed by atoms with E-state index in [4.69, 9.17) is 0 Å². The molecule has 0 saturated heterocycles. The maximum atomic E-state index is 12.4. The highest BCUT2D eigenvalue weighted by Gasteiger charge is 2.17. The van der Waals surface area contributed by atoms with Gasteiger partial charge in [0.1, 0.15) is 11.6 Å². The van der Waals surface area contributed by atoms with Crippen LogP contribution in [0.3, 0.4) is 0 Å². The van der Waals surface area contributed by atoms with Crippen LogP contribution >= 0.6 is 0 Å². The average Bonchev–Trinajstić information content (AvgIpc) is 2.49. The summed E-state index contributed by atoms with van der Waals surface area (Å²) in [6, 6.07) is 2.22. The molecule has 1 aliphatic carbocycles. The molecular weight excluding hydrogens is 298 g/mol. The number of carbonyl (C=O) groups is 1. The first-order valence-corrected chi connectivity index (χ1v) is 9.61. The first-order valence-electron chi connectivity index (χ1n) is 9.61.